The monoisotopic (exact) mass is 257 g/mol. The van der Waals surface area contributed by atoms with Gasteiger partial charge in [0, 0.05) is 5.41 Å². The average molecular weight is 259 g/mol. The zero-order valence-corrected chi connectivity index (χ0v) is 9.43. The normalized spacial score (nSPS) is 18.5. The highest BCUT2D eigenvalue weighted by Gasteiger charge is 2.28. The van der Waals surface area contributed by atoms with Crippen LogP contribution in [0.3, 0.4) is 0 Å². The Labute approximate surface area is 91.9 Å². The lowest BCUT2D eigenvalue weighted by Gasteiger charge is -2.15. The molecule has 70 valence electrons. The largest absolute Gasteiger partial charge is 0.398 e. The molecule has 1 aliphatic rings. The minimum Gasteiger partial charge on any atom is -0.398 e. The van der Waals surface area contributed by atoms with Gasteiger partial charge in [0.2, 0.25) is 0 Å². The first-order chi connectivity index (χ1) is 3.63. The van der Waals surface area contributed by atoms with Gasteiger partial charge >= 0.3 is 0 Å². The van der Waals surface area contributed by atoms with Crippen molar-refractivity contribution in [2.75, 3.05) is 0 Å². The Morgan fingerprint density at radius 3 is 1.73 bits per heavy atom. The number of nitrogens with two attached hydrogens (primary N) is 3. The van der Waals surface area contributed by atoms with E-state index < -0.39 is 4.99 Å². The molecule has 0 saturated heterocycles. The molecule has 0 bridgehead atoms. The fourth-order valence-corrected chi connectivity index (χ4v) is 2.25. The molecule has 1 rings (SSSR count). The molecule has 0 atom stereocenters. The second-order valence-electron chi connectivity index (χ2n) is 1.55. The summed E-state index contributed by atoms with van der Waals surface area (Å²) in [6.07, 6.45) is 0. The summed E-state index contributed by atoms with van der Waals surface area (Å²) in [7, 11) is 2.83. The smallest absolute Gasteiger partial charge is 0.164 e. The predicted octanol–water partition coefficient (Wildman–Crippen LogP) is 1.02. The molecule has 0 aromatic rings. The van der Waals surface area contributed by atoms with Gasteiger partial charge in [-0.3, -0.25) is 11.5 Å². The first-order valence-electron chi connectivity index (χ1n) is 2.01. The lowest BCUT2D eigenvalue weighted by Crippen LogP contribution is -2.48. The van der Waals surface area contributed by atoms with Gasteiger partial charge in [-0.2, -0.15) is 0 Å². The third kappa shape index (κ3) is 4.57. The average Bonchev–Trinajstić information content (AvgIpc) is 1.86. The SMILES string of the molecule is Cl.Cl.Cl.NC1=CSSC1(N)N. The van der Waals surface area contributed by atoms with Gasteiger partial charge in [-0.05, 0) is 10.8 Å². The Morgan fingerprint density at radius 1 is 1.18 bits per heavy atom. The quantitative estimate of drug-likeness (QED) is 0.447. The van der Waals surface area contributed by atoms with Gasteiger partial charge in [-0.1, -0.05) is 10.8 Å². The molecule has 0 fully saturated rings. The van der Waals surface area contributed by atoms with E-state index in [9.17, 15) is 0 Å². The van der Waals surface area contributed by atoms with Gasteiger partial charge in [0.05, 0.1) is 5.70 Å². The molecule has 0 unspecified atom stereocenters. The Bertz CT molecular complexity index is 140. The van der Waals surface area contributed by atoms with Crippen LogP contribution in [-0.2, 0) is 0 Å². The highest BCUT2D eigenvalue weighted by Crippen LogP contribution is 2.40. The zero-order valence-electron chi connectivity index (χ0n) is 5.35. The lowest BCUT2D eigenvalue weighted by molar-refractivity contribution is 0.747. The minimum absolute atomic E-state index is 0. The van der Waals surface area contributed by atoms with Crippen LogP contribution in [-0.4, -0.2) is 4.99 Å². The molecule has 6 N–H and O–H groups in total. The number of hydrogen-bond donors (Lipinski definition) is 3. The van der Waals surface area contributed by atoms with Crippen molar-refractivity contribution in [3.63, 3.8) is 0 Å². The van der Waals surface area contributed by atoms with Gasteiger partial charge in [0.1, 0.15) is 0 Å². The van der Waals surface area contributed by atoms with E-state index in [1.807, 2.05) is 0 Å². The molecular weight excluding hydrogens is 249 g/mol. The van der Waals surface area contributed by atoms with Gasteiger partial charge in [0.25, 0.3) is 0 Å². The lowest BCUT2D eigenvalue weighted by atomic mass is 10.4. The summed E-state index contributed by atoms with van der Waals surface area (Å²) in [4.78, 5) is -0.829. The molecule has 0 aromatic heterocycles. The first-order valence-corrected chi connectivity index (χ1v) is 4.22. The standard InChI is InChI=1S/C3H7N3S2.3ClH/c4-2-1-7-8-3(2,5)6;;;/h1H,4-6H2;3*1H. The fraction of sp³-hybridized carbons (Fsp3) is 0.333. The van der Waals surface area contributed by atoms with Crippen LogP contribution < -0.4 is 17.2 Å². The van der Waals surface area contributed by atoms with Crippen molar-refractivity contribution in [2.45, 2.75) is 4.99 Å². The first kappa shape index (κ1) is 17.9. The van der Waals surface area contributed by atoms with Crippen LogP contribution in [0.4, 0.5) is 0 Å². The van der Waals surface area contributed by atoms with Gasteiger partial charge < -0.3 is 5.73 Å². The van der Waals surface area contributed by atoms with E-state index in [1.165, 1.54) is 21.6 Å². The van der Waals surface area contributed by atoms with E-state index >= 15 is 0 Å². The Hall–Kier alpha value is 1.03. The van der Waals surface area contributed by atoms with Crippen molar-refractivity contribution in [1.82, 2.24) is 0 Å². The van der Waals surface area contributed by atoms with Crippen LogP contribution in [0.15, 0.2) is 11.1 Å². The number of halogens is 3. The van der Waals surface area contributed by atoms with Crippen LogP contribution in [0.25, 0.3) is 0 Å². The zero-order chi connectivity index (χ0) is 6.20. The molecular formula is C3H10Cl3N3S2. The van der Waals surface area contributed by atoms with Crippen LogP contribution in [0, 0.1) is 0 Å². The van der Waals surface area contributed by atoms with Gasteiger partial charge in [0.15, 0.2) is 4.99 Å². The molecule has 1 heterocycles. The summed E-state index contributed by atoms with van der Waals surface area (Å²) in [5.41, 5.74) is 16.8. The molecule has 1 aliphatic heterocycles. The van der Waals surface area contributed by atoms with E-state index in [4.69, 9.17) is 17.2 Å². The Kier molecular flexibility index (Phi) is 10.7. The summed E-state index contributed by atoms with van der Waals surface area (Å²) in [5, 5.41) is 1.75. The maximum Gasteiger partial charge on any atom is 0.164 e. The molecule has 0 saturated carbocycles. The predicted molar refractivity (Wildman–Crippen MR) is 60.3 cm³/mol. The van der Waals surface area contributed by atoms with Gasteiger partial charge in [-0.15, -0.1) is 37.2 Å². The molecule has 11 heavy (non-hydrogen) atoms. The van der Waals surface area contributed by atoms with Crippen molar-refractivity contribution in [3.8, 4) is 0 Å². The number of hydrogen-bond acceptors (Lipinski definition) is 5. The van der Waals surface area contributed by atoms with Crippen molar-refractivity contribution in [3.05, 3.63) is 11.1 Å². The van der Waals surface area contributed by atoms with Crippen LogP contribution in [0.1, 0.15) is 0 Å². The molecule has 0 radical (unpaired) electrons. The fourth-order valence-electron chi connectivity index (χ4n) is 0.296. The van der Waals surface area contributed by atoms with E-state index in [0.29, 0.717) is 5.70 Å². The maximum atomic E-state index is 5.45. The molecule has 0 aliphatic carbocycles. The van der Waals surface area contributed by atoms with Crippen LogP contribution >= 0.6 is 58.8 Å². The second kappa shape index (κ2) is 6.54. The highest BCUT2D eigenvalue weighted by atomic mass is 35.5. The van der Waals surface area contributed by atoms with Crippen molar-refractivity contribution in [2.24, 2.45) is 17.2 Å². The van der Waals surface area contributed by atoms with Crippen LogP contribution in [0.2, 0.25) is 0 Å². The third-order valence-corrected chi connectivity index (χ3v) is 3.17. The Balaban J connectivity index is -0.000000213. The van der Waals surface area contributed by atoms with Crippen molar-refractivity contribution < 1.29 is 0 Å². The molecule has 3 nitrogen and oxygen atoms in total. The number of rotatable bonds is 0. The maximum absolute atomic E-state index is 5.45. The molecule has 8 heteroatoms. The highest BCUT2D eigenvalue weighted by molar-refractivity contribution is 8.78. The topological polar surface area (TPSA) is 78.1 Å². The third-order valence-electron chi connectivity index (χ3n) is 0.812. The van der Waals surface area contributed by atoms with E-state index in [2.05, 4.69) is 0 Å². The van der Waals surface area contributed by atoms with E-state index in [0.717, 1.165) is 0 Å². The molecule has 0 aromatic carbocycles. The van der Waals surface area contributed by atoms with Crippen molar-refractivity contribution in [1.29, 1.82) is 0 Å². The summed E-state index contributed by atoms with van der Waals surface area (Å²) in [6.45, 7) is 0. The van der Waals surface area contributed by atoms with E-state index in [1.54, 1.807) is 5.41 Å². The van der Waals surface area contributed by atoms with E-state index in [-0.39, 0.29) is 37.2 Å². The van der Waals surface area contributed by atoms with Crippen molar-refractivity contribution >= 4 is 58.8 Å². The minimum atomic E-state index is -0.829. The summed E-state index contributed by atoms with van der Waals surface area (Å²) >= 11 is 0. The van der Waals surface area contributed by atoms with Crippen LogP contribution in [0.5, 0.6) is 0 Å². The molecule has 0 spiro atoms. The second-order valence-corrected chi connectivity index (χ2v) is 3.89. The molecule has 0 amide bonds. The summed E-state index contributed by atoms with van der Waals surface area (Å²) < 4.78 is 0. The Morgan fingerprint density at radius 2 is 1.64 bits per heavy atom. The van der Waals surface area contributed by atoms with Gasteiger partial charge in [-0.25, -0.2) is 0 Å². The summed E-state index contributed by atoms with van der Waals surface area (Å²) in [6, 6.07) is 0. The summed E-state index contributed by atoms with van der Waals surface area (Å²) in [5.74, 6) is 0.